The van der Waals surface area contributed by atoms with Gasteiger partial charge in [0.15, 0.2) is 5.13 Å². The van der Waals surface area contributed by atoms with Crippen molar-refractivity contribution < 1.29 is 4.74 Å². The van der Waals surface area contributed by atoms with Crippen molar-refractivity contribution in [2.45, 2.75) is 13.5 Å². The molecular formula is C13H13N3OS. The molecular weight excluding hydrogens is 246 g/mol. The Morgan fingerprint density at radius 3 is 2.83 bits per heavy atom. The van der Waals surface area contributed by atoms with Crippen LogP contribution >= 0.6 is 11.3 Å². The number of aromatic nitrogens is 1. The standard InChI is InChI=1S/C13H13N3OS/c1-2-15-13-16-8-12(18-13)9-17-11-5-3-10(7-14)4-6-11/h3-6,8H,2,9H2,1H3,(H,15,16). The van der Waals surface area contributed by atoms with Crippen LogP contribution in [0.1, 0.15) is 17.4 Å². The fourth-order valence-electron chi connectivity index (χ4n) is 1.39. The normalized spacial score (nSPS) is 9.78. The monoisotopic (exact) mass is 259 g/mol. The number of rotatable bonds is 5. The Balaban J connectivity index is 1.91. The number of nitrogens with zero attached hydrogens (tertiary/aromatic N) is 2. The second-order valence-corrected chi connectivity index (χ2v) is 4.70. The van der Waals surface area contributed by atoms with Gasteiger partial charge in [-0.2, -0.15) is 5.26 Å². The minimum atomic E-state index is 0.495. The molecule has 0 fully saturated rings. The molecule has 0 radical (unpaired) electrons. The zero-order chi connectivity index (χ0) is 12.8. The number of ether oxygens (including phenoxy) is 1. The van der Waals surface area contributed by atoms with Crippen LogP contribution in [0.25, 0.3) is 0 Å². The van der Waals surface area contributed by atoms with E-state index in [0.29, 0.717) is 12.2 Å². The molecule has 1 aromatic carbocycles. The zero-order valence-electron chi connectivity index (χ0n) is 10.0. The number of hydrogen-bond donors (Lipinski definition) is 1. The molecule has 5 heteroatoms. The molecule has 0 bridgehead atoms. The number of hydrogen-bond acceptors (Lipinski definition) is 5. The predicted octanol–water partition coefficient (Wildman–Crippen LogP) is 3.03. The summed E-state index contributed by atoms with van der Waals surface area (Å²) < 4.78 is 5.62. The van der Waals surface area contributed by atoms with Gasteiger partial charge in [-0.15, -0.1) is 0 Å². The van der Waals surface area contributed by atoms with Gasteiger partial charge in [-0.25, -0.2) is 4.98 Å². The van der Waals surface area contributed by atoms with E-state index >= 15 is 0 Å². The maximum absolute atomic E-state index is 8.69. The lowest BCUT2D eigenvalue weighted by atomic mass is 10.2. The lowest BCUT2D eigenvalue weighted by Gasteiger charge is -2.03. The van der Waals surface area contributed by atoms with E-state index in [1.807, 2.05) is 13.1 Å². The van der Waals surface area contributed by atoms with Crippen molar-refractivity contribution in [3.05, 3.63) is 40.9 Å². The molecule has 0 aliphatic rings. The van der Waals surface area contributed by atoms with Crippen LogP contribution in [0.15, 0.2) is 30.5 Å². The number of anilines is 1. The van der Waals surface area contributed by atoms with Gasteiger partial charge in [-0.1, -0.05) is 11.3 Å². The maximum atomic E-state index is 8.69. The van der Waals surface area contributed by atoms with E-state index in [4.69, 9.17) is 10.00 Å². The van der Waals surface area contributed by atoms with E-state index in [-0.39, 0.29) is 0 Å². The molecule has 18 heavy (non-hydrogen) atoms. The fraction of sp³-hybridized carbons (Fsp3) is 0.231. The Morgan fingerprint density at radius 2 is 2.17 bits per heavy atom. The average molecular weight is 259 g/mol. The molecule has 4 nitrogen and oxygen atoms in total. The Kier molecular flexibility index (Phi) is 4.15. The third kappa shape index (κ3) is 3.22. The van der Waals surface area contributed by atoms with Crippen LogP contribution in [0.3, 0.4) is 0 Å². The Hall–Kier alpha value is -2.06. The van der Waals surface area contributed by atoms with Crippen LogP contribution in [0.4, 0.5) is 5.13 Å². The summed E-state index contributed by atoms with van der Waals surface area (Å²) in [6.45, 7) is 3.40. The molecule has 0 saturated carbocycles. The number of thiazole rings is 1. The van der Waals surface area contributed by atoms with E-state index in [9.17, 15) is 0 Å². The van der Waals surface area contributed by atoms with Crippen molar-refractivity contribution >= 4 is 16.5 Å². The van der Waals surface area contributed by atoms with Crippen molar-refractivity contribution in [3.63, 3.8) is 0 Å². The summed E-state index contributed by atoms with van der Waals surface area (Å²) in [6.07, 6.45) is 1.81. The molecule has 2 rings (SSSR count). The molecule has 0 unspecified atom stereocenters. The van der Waals surface area contributed by atoms with Crippen LogP contribution in [-0.2, 0) is 6.61 Å². The van der Waals surface area contributed by atoms with E-state index in [1.54, 1.807) is 35.6 Å². The third-order valence-corrected chi connectivity index (χ3v) is 3.17. The van der Waals surface area contributed by atoms with Gasteiger partial charge in [0.2, 0.25) is 0 Å². The van der Waals surface area contributed by atoms with Crippen LogP contribution in [0.2, 0.25) is 0 Å². The van der Waals surface area contributed by atoms with E-state index < -0.39 is 0 Å². The third-order valence-electron chi connectivity index (χ3n) is 2.25. The first-order chi connectivity index (χ1) is 8.81. The first kappa shape index (κ1) is 12.4. The highest BCUT2D eigenvalue weighted by Gasteiger charge is 2.02. The maximum Gasteiger partial charge on any atom is 0.182 e. The minimum absolute atomic E-state index is 0.495. The molecule has 1 aromatic heterocycles. The molecule has 92 valence electrons. The zero-order valence-corrected chi connectivity index (χ0v) is 10.8. The lowest BCUT2D eigenvalue weighted by molar-refractivity contribution is 0.309. The topological polar surface area (TPSA) is 57.9 Å². The highest BCUT2D eigenvalue weighted by molar-refractivity contribution is 7.15. The van der Waals surface area contributed by atoms with Gasteiger partial charge in [-0.05, 0) is 31.2 Å². The molecule has 0 atom stereocenters. The van der Waals surface area contributed by atoms with Crippen molar-refractivity contribution in [1.29, 1.82) is 5.26 Å². The Bertz CT molecular complexity index is 542. The molecule has 0 spiro atoms. The summed E-state index contributed by atoms with van der Waals surface area (Å²) in [6, 6.07) is 9.15. The quantitative estimate of drug-likeness (QED) is 0.896. The van der Waals surface area contributed by atoms with Gasteiger partial charge in [0.25, 0.3) is 0 Å². The van der Waals surface area contributed by atoms with Crippen molar-refractivity contribution in [3.8, 4) is 11.8 Å². The summed E-state index contributed by atoms with van der Waals surface area (Å²) in [5.41, 5.74) is 0.634. The van der Waals surface area contributed by atoms with Gasteiger partial charge in [0.1, 0.15) is 12.4 Å². The first-order valence-electron chi connectivity index (χ1n) is 5.63. The van der Waals surface area contributed by atoms with Gasteiger partial charge in [0.05, 0.1) is 16.5 Å². The summed E-state index contributed by atoms with van der Waals surface area (Å²) in [4.78, 5) is 5.30. The average Bonchev–Trinajstić information content (AvgIpc) is 2.85. The number of nitrogens with one attached hydrogen (secondary N) is 1. The van der Waals surface area contributed by atoms with Crippen molar-refractivity contribution in [1.82, 2.24) is 4.98 Å². The summed E-state index contributed by atoms with van der Waals surface area (Å²) in [7, 11) is 0. The highest BCUT2D eigenvalue weighted by atomic mass is 32.1. The SMILES string of the molecule is CCNc1ncc(COc2ccc(C#N)cc2)s1. The Labute approximate surface area is 110 Å². The van der Waals surface area contributed by atoms with Crippen LogP contribution in [-0.4, -0.2) is 11.5 Å². The molecule has 0 aliphatic heterocycles. The first-order valence-corrected chi connectivity index (χ1v) is 6.45. The summed E-state index contributed by atoms with van der Waals surface area (Å²) in [5.74, 6) is 0.757. The smallest absolute Gasteiger partial charge is 0.182 e. The van der Waals surface area contributed by atoms with Gasteiger partial charge < -0.3 is 10.1 Å². The molecule has 1 N–H and O–H groups in total. The molecule has 1 heterocycles. The van der Waals surface area contributed by atoms with Crippen molar-refractivity contribution in [2.75, 3.05) is 11.9 Å². The van der Waals surface area contributed by atoms with Crippen LogP contribution < -0.4 is 10.1 Å². The lowest BCUT2D eigenvalue weighted by Crippen LogP contribution is -1.94. The highest BCUT2D eigenvalue weighted by Crippen LogP contribution is 2.20. The largest absolute Gasteiger partial charge is 0.488 e. The number of nitriles is 1. The summed E-state index contributed by atoms with van der Waals surface area (Å²) in [5, 5.41) is 12.8. The fourth-order valence-corrected chi connectivity index (χ4v) is 2.18. The molecule has 0 aliphatic carbocycles. The minimum Gasteiger partial charge on any atom is -0.488 e. The molecule has 2 aromatic rings. The second-order valence-electron chi connectivity index (χ2n) is 3.59. The molecule has 0 saturated heterocycles. The predicted molar refractivity (Wildman–Crippen MR) is 71.8 cm³/mol. The van der Waals surface area contributed by atoms with Gasteiger partial charge in [0, 0.05) is 12.7 Å². The van der Waals surface area contributed by atoms with E-state index in [0.717, 1.165) is 22.3 Å². The Morgan fingerprint density at radius 1 is 1.39 bits per heavy atom. The van der Waals surface area contributed by atoms with Crippen LogP contribution in [0, 0.1) is 11.3 Å². The van der Waals surface area contributed by atoms with Crippen molar-refractivity contribution in [2.24, 2.45) is 0 Å². The van der Waals surface area contributed by atoms with E-state index in [2.05, 4.69) is 16.4 Å². The van der Waals surface area contributed by atoms with Crippen LogP contribution in [0.5, 0.6) is 5.75 Å². The second kappa shape index (κ2) is 6.03. The van der Waals surface area contributed by atoms with E-state index in [1.165, 1.54) is 0 Å². The molecule has 0 amide bonds. The van der Waals surface area contributed by atoms with Gasteiger partial charge in [-0.3, -0.25) is 0 Å². The number of benzene rings is 1. The van der Waals surface area contributed by atoms with Gasteiger partial charge >= 0.3 is 0 Å². The summed E-state index contributed by atoms with van der Waals surface area (Å²) >= 11 is 1.58.